The molecule has 5 heteroatoms. The highest BCUT2D eigenvalue weighted by molar-refractivity contribution is 5.85. The second-order valence-electron chi connectivity index (χ2n) is 4.88. The van der Waals surface area contributed by atoms with Crippen LogP contribution in [0.15, 0.2) is 45.8 Å². The Kier molecular flexibility index (Phi) is 4.15. The molecular formula is C17H18O5. The number of rotatable bonds is 5. The summed E-state index contributed by atoms with van der Waals surface area (Å²) in [5.74, 6) is 0.193. The molecule has 1 aliphatic rings. The van der Waals surface area contributed by atoms with E-state index in [1.165, 1.54) is 0 Å². The summed E-state index contributed by atoms with van der Waals surface area (Å²) in [7, 11) is 0. The third-order valence-electron chi connectivity index (χ3n) is 3.54. The summed E-state index contributed by atoms with van der Waals surface area (Å²) in [6, 6.07) is 7.32. The van der Waals surface area contributed by atoms with Crippen LogP contribution in [-0.4, -0.2) is 19.5 Å². The maximum absolute atomic E-state index is 12.3. The molecule has 0 saturated carbocycles. The lowest BCUT2D eigenvalue weighted by Gasteiger charge is -2.15. The average molecular weight is 302 g/mol. The molecule has 5 nitrogen and oxygen atoms in total. The predicted molar refractivity (Wildman–Crippen MR) is 82.0 cm³/mol. The van der Waals surface area contributed by atoms with Crippen molar-refractivity contribution >= 4 is 11.0 Å². The van der Waals surface area contributed by atoms with E-state index < -0.39 is 11.9 Å². The lowest BCUT2D eigenvalue weighted by Crippen LogP contribution is -2.23. The lowest BCUT2D eigenvalue weighted by atomic mass is 10.0. The zero-order valence-corrected chi connectivity index (χ0v) is 12.6. The molecule has 1 aromatic heterocycles. The van der Waals surface area contributed by atoms with Crippen molar-refractivity contribution in [3.05, 3.63) is 52.6 Å². The van der Waals surface area contributed by atoms with Gasteiger partial charge in [0.25, 0.3) is 0 Å². The molecule has 0 N–H and O–H groups in total. The first kappa shape index (κ1) is 14.7. The normalized spacial score (nSPS) is 20.3. The maximum atomic E-state index is 12.3. The zero-order chi connectivity index (χ0) is 15.5. The Morgan fingerprint density at radius 1 is 1.23 bits per heavy atom. The van der Waals surface area contributed by atoms with Crippen LogP contribution in [0.25, 0.3) is 11.0 Å². The van der Waals surface area contributed by atoms with Crippen LogP contribution in [-0.2, 0) is 9.47 Å². The van der Waals surface area contributed by atoms with Gasteiger partial charge in [0.15, 0.2) is 0 Å². The van der Waals surface area contributed by atoms with Gasteiger partial charge in [-0.05, 0) is 32.1 Å². The van der Waals surface area contributed by atoms with Crippen molar-refractivity contribution in [2.24, 2.45) is 0 Å². The first-order valence-electron chi connectivity index (χ1n) is 7.38. The summed E-state index contributed by atoms with van der Waals surface area (Å²) in [4.78, 5) is 12.3. The molecule has 0 aliphatic carbocycles. The van der Waals surface area contributed by atoms with Crippen LogP contribution in [0.2, 0.25) is 0 Å². The van der Waals surface area contributed by atoms with Crippen LogP contribution in [0.1, 0.15) is 25.3 Å². The summed E-state index contributed by atoms with van der Waals surface area (Å²) in [5.41, 5.74) is 0.589. The predicted octanol–water partition coefficient (Wildman–Crippen LogP) is 3.18. The molecule has 0 saturated heterocycles. The number of fused-ring (bicyclic) bond motifs is 3. The molecule has 22 heavy (non-hydrogen) atoms. The second-order valence-corrected chi connectivity index (χ2v) is 4.88. The molecule has 1 aromatic carbocycles. The lowest BCUT2D eigenvalue weighted by molar-refractivity contribution is -0.0683. The Balaban J connectivity index is 2.12. The molecule has 0 fully saturated rings. The van der Waals surface area contributed by atoms with Gasteiger partial charge in [-0.2, -0.15) is 0 Å². The number of hydrogen-bond acceptors (Lipinski definition) is 5. The van der Waals surface area contributed by atoms with E-state index in [-0.39, 0.29) is 5.92 Å². The Morgan fingerprint density at radius 3 is 2.82 bits per heavy atom. The van der Waals surface area contributed by atoms with Gasteiger partial charge in [-0.1, -0.05) is 12.1 Å². The summed E-state index contributed by atoms with van der Waals surface area (Å²) >= 11 is 0. The fourth-order valence-electron chi connectivity index (χ4n) is 2.60. The fourth-order valence-corrected chi connectivity index (χ4v) is 2.60. The fraction of sp³-hybridized carbons (Fsp3) is 0.353. The minimum absolute atomic E-state index is 0.345. The van der Waals surface area contributed by atoms with Crippen LogP contribution in [0.3, 0.4) is 0 Å². The molecule has 2 unspecified atom stereocenters. The quantitative estimate of drug-likeness (QED) is 0.627. The van der Waals surface area contributed by atoms with E-state index in [0.29, 0.717) is 30.1 Å². The Labute approximate surface area is 128 Å². The summed E-state index contributed by atoms with van der Waals surface area (Å²) < 4.78 is 22.2. The highest BCUT2D eigenvalue weighted by atomic mass is 16.7. The Morgan fingerprint density at radius 2 is 2.05 bits per heavy atom. The minimum Gasteiger partial charge on any atom is -0.502 e. The van der Waals surface area contributed by atoms with E-state index in [2.05, 4.69) is 0 Å². The molecule has 0 radical (unpaired) electrons. The Hall–Kier alpha value is -2.27. The second kappa shape index (κ2) is 6.23. The van der Waals surface area contributed by atoms with E-state index in [1.54, 1.807) is 18.4 Å². The van der Waals surface area contributed by atoms with E-state index in [4.69, 9.17) is 18.6 Å². The number of para-hydroxylation sites is 1. The maximum Gasteiger partial charge on any atom is 0.344 e. The van der Waals surface area contributed by atoms with Crippen molar-refractivity contribution in [2.45, 2.75) is 26.1 Å². The van der Waals surface area contributed by atoms with Crippen molar-refractivity contribution in [1.29, 1.82) is 0 Å². The SMILES string of the molecule is CCO/C=C\C1c2c(c3ccccc3oc2=O)OC1OCC. The number of hydrogen-bond donors (Lipinski definition) is 0. The number of ether oxygens (including phenoxy) is 3. The van der Waals surface area contributed by atoms with Crippen LogP contribution in [0.4, 0.5) is 0 Å². The van der Waals surface area contributed by atoms with E-state index >= 15 is 0 Å². The van der Waals surface area contributed by atoms with Crippen LogP contribution < -0.4 is 10.4 Å². The molecule has 2 atom stereocenters. The van der Waals surface area contributed by atoms with Crippen molar-refractivity contribution in [1.82, 2.24) is 0 Å². The van der Waals surface area contributed by atoms with E-state index in [0.717, 1.165) is 5.39 Å². The van der Waals surface area contributed by atoms with Gasteiger partial charge in [0.05, 0.1) is 29.7 Å². The van der Waals surface area contributed by atoms with Gasteiger partial charge >= 0.3 is 5.63 Å². The van der Waals surface area contributed by atoms with Gasteiger partial charge in [0.1, 0.15) is 11.3 Å². The molecule has 3 rings (SSSR count). The average Bonchev–Trinajstić information content (AvgIpc) is 2.88. The topological polar surface area (TPSA) is 57.9 Å². The van der Waals surface area contributed by atoms with Gasteiger partial charge in [-0.15, -0.1) is 0 Å². The van der Waals surface area contributed by atoms with Crippen LogP contribution in [0.5, 0.6) is 5.75 Å². The monoisotopic (exact) mass is 302 g/mol. The molecule has 0 amide bonds. The third kappa shape index (κ3) is 2.48. The van der Waals surface area contributed by atoms with Gasteiger partial charge < -0.3 is 18.6 Å². The summed E-state index contributed by atoms with van der Waals surface area (Å²) in [5, 5.41) is 0.772. The van der Waals surface area contributed by atoms with Crippen LogP contribution >= 0.6 is 0 Å². The standard InChI is InChI=1S/C17H18O5/c1-3-19-10-9-12-14-15(22-17(12)20-4-2)11-7-5-6-8-13(11)21-16(14)18/h5-10,12,17H,3-4H2,1-2H3/b10-9-. The third-order valence-corrected chi connectivity index (χ3v) is 3.54. The molecule has 2 aromatic rings. The smallest absolute Gasteiger partial charge is 0.344 e. The van der Waals surface area contributed by atoms with Crippen LogP contribution in [0, 0.1) is 0 Å². The highest BCUT2D eigenvalue weighted by Crippen LogP contribution is 2.41. The highest BCUT2D eigenvalue weighted by Gasteiger charge is 2.38. The molecule has 0 bridgehead atoms. The van der Waals surface area contributed by atoms with Crippen molar-refractivity contribution in [3.8, 4) is 5.75 Å². The summed E-state index contributed by atoms with van der Waals surface area (Å²) in [6.07, 6.45) is 2.80. The van der Waals surface area contributed by atoms with Crippen molar-refractivity contribution in [2.75, 3.05) is 13.2 Å². The first-order chi connectivity index (χ1) is 10.8. The van der Waals surface area contributed by atoms with Crippen molar-refractivity contribution in [3.63, 3.8) is 0 Å². The van der Waals surface area contributed by atoms with Gasteiger partial charge in [-0.3, -0.25) is 0 Å². The summed E-state index contributed by atoms with van der Waals surface area (Å²) in [6.45, 7) is 4.82. The molecule has 116 valence electrons. The largest absolute Gasteiger partial charge is 0.502 e. The van der Waals surface area contributed by atoms with Crippen molar-refractivity contribution < 1.29 is 18.6 Å². The van der Waals surface area contributed by atoms with Gasteiger partial charge in [0.2, 0.25) is 6.29 Å². The van der Waals surface area contributed by atoms with E-state index in [9.17, 15) is 4.79 Å². The molecular weight excluding hydrogens is 284 g/mol. The first-order valence-corrected chi connectivity index (χ1v) is 7.38. The van der Waals surface area contributed by atoms with Gasteiger partial charge in [0, 0.05) is 6.61 Å². The molecule has 0 spiro atoms. The molecule has 1 aliphatic heterocycles. The zero-order valence-electron chi connectivity index (χ0n) is 12.6. The minimum atomic E-state index is -0.551. The Bertz CT molecular complexity index is 746. The van der Waals surface area contributed by atoms with E-state index in [1.807, 2.05) is 32.0 Å². The number of benzene rings is 1. The molecule has 2 heterocycles. The van der Waals surface area contributed by atoms with Gasteiger partial charge in [-0.25, -0.2) is 4.79 Å².